The second-order valence-electron chi connectivity index (χ2n) is 13.7. The van der Waals surface area contributed by atoms with E-state index >= 15 is 0 Å². The summed E-state index contributed by atoms with van der Waals surface area (Å²) in [4.78, 5) is 7.23. The van der Waals surface area contributed by atoms with Crippen LogP contribution in [-0.4, -0.2) is 13.1 Å². The summed E-state index contributed by atoms with van der Waals surface area (Å²) < 4.78 is 0. The van der Waals surface area contributed by atoms with Crippen molar-refractivity contribution in [3.05, 3.63) is 176 Å². The van der Waals surface area contributed by atoms with E-state index in [4.69, 9.17) is 4.98 Å². The Kier molecular flexibility index (Phi) is 7.91. The zero-order chi connectivity index (χ0) is 33.4. The molecule has 7 aromatic carbocycles. The van der Waals surface area contributed by atoms with Crippen molar-refractivity contribution >= 4 is 52.0 Å². The molecule has 2 nitrogen and oxygen atoms in total. The van der Waals surface area contributed by atoms with Gasteiger partial charge in [0.05, 0.1) is 8.07 Å². The maximum absolute atomic E-state index is 4.99. The highest BCUT2D eigenvalue weighted by atomic mass is 28.3. The van der Waals surface area contributed by atoms with Gasteiger partial charge in [0.1, 0.15) is 5.82 Å². The highest BCUT2D eigenvalue weighted by Crippen LogP contribution is 2.45. The summed E-state index contributed by atoms with van der Waals surface area (Å²) in [7, 11) is -1.47. The molecule has 0 aliphatic heterocycles. The molecule has 236 valence electrons. The molecule has 0 aliphatic rings. The van der Waals surface area contributed by atoms with Crippen molar-refractivity contribution in [1.29, 1.82) is 0 Å². The van der Waals surface area contributed by atoms with Gasteiger partial charge >= 0.3 is 0 Å². The molecule has 0 spiro atoms. The summed E-state index contributed by atoms with van der Waals surface area (Å²) in [6.07, 6.45) is 2.07. The van der Waals surface area contributed by atoms with Crippen LogP contribution in [-0.2, 0) is 0 Å². The number of hydrogen-bond acceptors (Lipinski definition) is 2. The van der Waals surface area contributed by atoms with Gasteiger partial charge in [0.25, 0.3) is 0 Å². The zero-order valence-corrected chi connectivity index (χ0v) is 29.1. The molecule has 3 heteroatoms. The predicted molar refractivity (Wildman–Crippen MR) is 213 cm³/mol. The quantitative estimate of drug-likeness (QED) is 0.127. The monoisotopic (exact) mass is 646 g/mol. The summed E-state index contributed by atoms with van der Waals surface area (Å²) in [6.45, 7) is 7.08. The Balaban J connectivity index is 1.27. The summed E-state index contributed by atoms with van der Waals surface area (Å²) in [5.41, 5.74) is 9.54. The van der Waals surface area contributed by atoms with E-state index < -0.39 is 8.07 Å². The molecule has 8 rings (SSSR count). The molecule has 1 heterocycles. The van der Waals surface area contributed by atoms with Gasteiger partial charge in [0.15, 0.2) is 0 Å². The van der Waals surface area contributed by atoms with E-state index in [0.717, 1.165) is 17.2 Å². The van der Waals surface area contributed by atoms with Gasteiger partial charge in [-0.1, -0.05) is 153 Å². The molecule has 0 aliphatic carbocycles. The lowest BCUT2D eigenvalue weighted by Crippen LogP contribution is -2.37. The van der Waals surface area contributed by atoms with Crippen molar-refractivity contribution in [3.63, 3.8) is 0 Å². The lowest BCUT2D eigenvalue weighted by molar-refractivity contribution is 1.18. The van der Waals surface area contributed by atoms with Gasteiger partial charge in [-0.25, -0.2) is 4.98 Å². The van der Waals surface area contributed by atoms with Crippen LogP contribution in [0.5, 0.6) is 0 Å². The van der Waals surface area contributed by atoms with Crippen LogP contribution in [0.3, 0.4) is 0 Å². The average Bonchev–Trinajstić information content (AvgIpc) is 3.15. The van der Waals surface area contributed by atoms with Crippen LogP contribution in [0.1, 0.15) is 0 Å². The van der Waals surface area contributed by atoms with E-state index in [1.807, 2.05) is 0 Å². The number of hydrogen-bond donors (Lipinski definition) is 0. The first-order chi connectivity index (χ1) is 24.0. The minimum atomic E-state index is -1.47. The van der Waals surface area contributed by atoms with E-state index in [9.17, 15) is 0 Å². The maximum atomic E-state index is 4.99. The van der Waals surface area contributed by atoms with Crippen LogP contribution in [0.2, 0.25) is 19.6 Å². The molecule has 0 bridgehead atoms. The third kappa shape index (κ3) is 5.83. The molecule has 0 atom stereocenters. The van der Waals surface area contributed by atoms with Gasteiger partial charge in [0.2, 0.25) is 0 Å². The zero-order valence-electron chi connectivity index (χ0n) is 28.1. The van der Waals surface area contributed by atoms with Crippen molar-refractivity contribution in [1.82, 2.24) is 4.98 Å². The maximum Gasteiger partial charge on any atom is 0.137 e. The Bertz CT molecular complexity index is 2340. The Hall–Kier alpha value is -5.77. The number of nitrogens with zero attached hydrogens (tertiary/aromatic N) is 2. The topological polar surface area (TPSA) is 16.1 Å². The van der Waals surface area contributed by atoms with Crippen molar-refractivity contribution in [3.8, 4) is 33.4 Å². The molecular weight excluding hydrogens is 609 g/mol. The van der Waals surface area contributed by atoms with Crippen molar-refractivity contribution < 1.29 is 0 Å². The Labute approximate surface area is 290 Å². The molecule has 0 N–H and O–H groups in total. The third-order valence-electron chi connectivity index (χ3n) is 9.46. The van der Waals surface area contributed by atoms with Crippen LogP contribution in [0, 0.1) is 0 Å². The fourth-order valence-corrected chi connectivity index (χ4v) is 8.00. The van der Waals surface area contributed by atoms with Crippen LogP contribution in [0.15, 0.2) is 176 Å². The summed E-state index contributed by atoms with van der Waals surface area (Å²) >= 11 is 0. The average molecular weight is 647 g/mol. The van der Waals surface area contributed by atoms with Crippen LogP contribution >= 0.6 is 0 Å². The summed E-state index contributed by atoms with van der Waals surface area (Å²) in [6, 6.07) is 61.3. The molecule has 0 fully saturated rings. The van der Waals surface area contributed by atoms with Crippen LogP contribution in [0.25, 0.3) is 54.9 Å². The second-order valence-corrected chi connectivity index (χ2v) is 18.7. The molecule has 0 saturated heterocycles. The number of pyridine rings is 1. The first-order valence-electron chi connectivity index (χ1n) is 17.0. The Morgan fingerprint density at radius 1 is 0.408 bits per heavy atom. The largest absolute Gasteiger partial charge is 0.295 e. The fourth-order valence-electron chi connectivity index (χ4n) is 6.97. The van der Waals surface area contributed by atoms with E-state index in [1.165, 1.54) is 60.1 Å². The highest BCUT2D eigenvalue weighted by Gasteiger charge is 2.20. The van der Waals surface area contributed by atoms with Crippen molar-refractivity contribution in [2.45, 2.75) is 19.6 Å². The van der Waals surface area contributed by atoms with Gasteiger partial charge in [-0.2, -0.15) is 0 Å². The normalized spacial score (nSPS) is 11.6. The lowest BCUT2D eigenvalue weighted by Gasteiger charge is -2.26. The van der Waals surface area contributed by atoms with E-state index in [0.29, 0.717) is 0 Å². The second kappa shape index (κ2) is 12.7. The van der Waals surface area contributed by atoms with Crippen molar-refractivity contribution in [2.75, 3.05) is 4.90 Å². The van der Waals surface area contributed by atoms with Gasteiger partial charge in [-0.3, -0.25) is 4.90 Å². The summed E-state index contributed by atoms with van der Waals surface area (Å²) in [5.74, 6) is 0.916. The van der Waals surface area contributed by atoms with E-state index in [-0.39, 0.29) is 0 Å². The third-order valence-corrected chi connectivity index (χ3v) is 11.5. The predicted octanol–water partition coefficient (Wildman–Crippen LogP) is 12.4. The van der Waals surface area contributed by atoms with Gasteiger partial charge in [0, 0.05) is 17.6 Å². The van der Waals surface area contributed by atoms with Crippen molar-refractivity contribution in [2.24, 2.45) is 0 Å². The number of aromatic nitrogens is 1. The van der Waals surface area contributed by atoms with Gasteiger partial charge in [-0.05, 0) is 96.5 Å². The number of rotatable bonds is 7. The summed E-state index contributed by atoms with van der Waals surface area (Å²) in [5, 5.41) is 6.36. The molecule has 0 saturated carbocycles. The first kappa shape index (κ1) is 30.6. The molecule has 49 heavy (non-hydrogen) atoms. The Morgan fingerprint density at radius 2 is 0.898 bits per heavy atom. The lowest BCUT2D eigenvalue weighted by atomic mass is 9.85. The number of fused-ring (bicyclic) bond motifs is 2. The highest BCUT2D eigenvalue weighted by molar-refractivity contribution is 6.88. The molecule has 0 radical (unpaired) electrons. The molecule has 0 unspecified atom stereocenters. The Morgan fingerprint density at radius 3 is 1.45 bits per heavy atom. The van der Waals surface area contributed by atoms with Crippen LogP contribution in [0.4, 0.5) is 17.2 Å². The van der Waals surface area contributed by atoms with E-state index in [1.54, 1.807) is 0 Å². The standard InChI is InChI=1S/C46H38N2Si/c1-49(2,3)39-29-30-44(47-32-39)48(37-19-8-5-9-20-37)38-27-25-34(26-28-38)45-40-21-10-12-23-42(40)46(43-24-13-11-22-41(43)45)36-18-14-17-35(31-36)33-15-6-4-7-16-33/h4-32H,1-3H3. The first-order valence-corrected chi connectivity index (χ1v) is 20.5. The minimum Gasteiger partial charge on any atom is -0.295 e. The number of benzene rings is 7. The molecule has 1 aromatic heterocycles. The SMILES string of the molecule is C[Si](C)(C)c1ccc(N(c2ccccc2)c2ccc(-c3c4ccccc4c(-c4cccc(-c5ccccc5)c4)c4ccccc34)cc2)nc1. The fraction of sp³-hybridized carbons (Fsp3) is 0.0652. The van der Waals surface area contributed by atoms with Gasteiger partial charge in [-0.15, -0.1) is 0 Å². The molecule has 8 aromatic rings. The number of para-hydroxylation sites is 1. The van der Waals surface area contributed by atoms with Gasteiger partial charge < -0.3 is 0 Å². The number of anilines is 3. The van der Waals surface area contributed by atoms with Crippen LogP contribution < -0.4 is 10.1 Å². The molecule has 0 amide bonds. The minimum absolute atomic E-state index is 0.916. The smallest absolute Gasteiger partial charge is 0.137 e. The van der Waals surface area contributed by atoms with E-state index in [2.05, 4.69) is 201 Å². The molecular formula is C46H38N2Si.